The predicted octanol–water partition coefficient (Wildman–Crippen LogP) is 4.58. The number of hydrogen-bond donors (Lipinski definition) is 2. The van der Waals surface area contributed by atoms with Crippen LogP contribution in [0.1, 0.15) is 32.0 Å². The van der Waals surface area contributed by atoms with Crippen LogP contribution in [0, 0.1) is 0 Å². The number of rotatable bonds is 18. The monoisotopic (exact) mass is 890 g/mol. The predicted molar refractivity (Wildman–Crippen MR) is 226 cm³/mol. The van der Waals surface area contributed by atoms with Crippen molar-refractivity contribution < 1.29 is 58.4 Å². The van der Waals surface area contributed by atoms with Gasteiger partial charge in [-0.3, -0.25) is 0 Å². The van der Waals surface area contributed by atoms with Crippen LogP contribution in [0.25, 0.3) is 20.9 Å². The zero-order valence-electron chi connectivity index (χ0n) is 33.1. The van der Waals surface area contributed by atoms with Crippen LogP contribution in [-0.2, 0) is 66.2 Å². The van der Waals surface area contributed by atoms with E-state index in [1.807, 2.05) is 109 Å². The maximum atomic E-state index is 10.7. The Balaban J connectivity index is 0.000000201. The maximum Gasteiger partial charge on any atom is 2.00 e. The normalized spacial score (nSPS) is 14.6. The van der Waals surface area contributed by atoms with Crippen molar-refractivity contribution in [1.29, 1.82) is 0 Å². The van der Waals surface area contributed by atoms with Gasteiger partial charge in [0, 0.05) is 19.5 Å². The molecule has 0 amide bonds. The van der Waals surface area contributed by atoms with Crippen molar-refractivity contribution in [3.63, 3.8) is 0 Å². The van der Waals surface area contributed by atoms with E-state index < -0.39 is 36.4 Å². The zero-order valence-corrected chi connectivity index (χ0v) is 37.0. The number of carboxylic acid groups (broad SMARTS) is 2. The first kappa shape index (κ1) is 46.3. The van der Waals surface area contributed by atoms with E-state index in [-0.39, 0.29) is 51.0 Å². The molecule has 6 aromatic rings. The second-order valence-electron chi connectivity index (χ2n) is 14.2. The molecule has 4 aromatic carbocycles. The van der Waals surface area contributed by atoms with Gasteiger partial charge in [-0.2, -0.15) is 0 Å². The molecule has 312 valence electrons. The first-order chi connectivity index (χ1) is 29.2. The molecule has 8 rings (SSSR count). The van der Waals surface area contributed by atoms with Gasteiger partial charge in [-0.1, -0.05) is 60.7 Å². The topological polar surface area (TPSA) is 176 Å². The van der Waals surface area contributed by atoms with E-state index in [4.69, 9.17) is 28.4 Å². The van der Waals surface area contributed by atoms with Gasteiger partial charge in [0.05, 0.1) is 64.8 Å². The van der Waals surface area contributed by atoms with Crippen LogP contribution in [0.5, 0.6) is 11.5 Å². The van der Waals surface area contributed by atoms with Crippen LogP contribution in [-0.4, -0.2) is 99.5 Å². The number of carbonyl (C=O) groups excluding carboxylic acids is 2. The molecule has 61 heavy (non-hydrogen) atoms. The summed E-state index contributed by atoms with van der Waals surface area (Å²) in [6, 6.07) is 39.0. The SMILES string of the molecule is O=C([O-])COC1(c2ccc(OCc3cccc(-c4ccc(CO)s4)c3)cc2)COC1.O=C([O-])COC1(c2ccc(OCc3cccc(-c4ccc(CO)s4)c3)cc2)COC1.[Ca+2]. The molecule has 2 N–H and O–H groups in total. The Morgan fingerprint density at radius 2 is 0.967 bits per heavy atom. The Bertz CT molecular complexity index is 2190. The third-order valence-electron chi connectivity index (χ3n) is 9.90. The number of aliphatic carboxylic acids is 2. The van der Waals surface area contributed by atoms with Crippen molar-refractivity contribution in [2.24, 2.45) is 0 Å². The molecule has 12 nitrogen and oxygen atoms in total. The fourth-order valence-electron chi connectivity index (χ4n) is 6.54. The minimum absolute atomic E-state index is 0. The van der Waals surface area contributed by atoms with Crippen molar-refractivity contribution in [3.05, 3.63) is 153 Å². The van der Waals surface area contributed by atoms with E-state index in [1.165, 1.54) is 0 Å². The summed E-state index contributed by atoms with van der Waals surface area (Å²) in [7, 11) is 0. The molecule has 4 heterocycles. The summed E-state index contributed by atoms with van der Waals surface area (Å²) in [5.74, 6) is -1.09. The summed E-state index contributed by atoms with van der Waals surface area (Å²) in [6.45, 7) is 1.25. The molecule has 2 fully saturated rings. The summed E-state index contributed by atoms with van der Waals surface area (Å²) < 4.78 is 33.3. The Kier molecular flexibility index (Phi) is 16.5. The molecular formula is C46H42CaO12S2. The van der Waals surface area contributed by atoms with Gasteiger partial charge in [-0.25, -0.2) is 0 Å². The summed E-state index contributed by atoms with van der Waals surface area (Å²) in [5.41, 5.74) is 4.49. The van der Waals surface area contributed by atoms with Crippen LogP contribution in [0.4, 0.5) is 0 Å². The molecule has 2 aromatic heterocycles. The van der Waals surface area contributed by atoms with Crippen molar-refractivity contribution >= 4 is 72.4 Å². The summed E-state index contributed by atoms with van der Waals surface area (Å²) in [5, 5.41) is 39.9. The number of carboxylic acids is 2. The molecule has 0 atom stereocenters. The molecule has 0 radical (unpaired) electrons. The molecule has 0 aliphatic carbocycles. The number of benzene rings is 4. The van der Waals surface area contributed by atoms with E-state index in [9.17, 15) is 30.0 Å². The van der Waals surface area contributed by atoms with Gasteiger partial charge >= 0.3 is 37.7 Å². The summed E-state index contributed by atoms with van der Waals surface area (Å²) in [6.07, 6.45) is 0. The number of aliphatic hydroxyl groups excluding tert-OH is 2. The third-order valence-corrected chi connectivity index (χ3v) is 12.1. The number of hydrogen-bond acceptors (Lipinski definition) is 14. The van der Waals surface area contributed by atoms with Gasteiger partial charge in [0.15, 0.2) is 0 Å². The zero-order chi connectivity index (χ0) is 42.0. The number of ether oxygens (including phenoxy) is 6. The van der Waals surface area contributed by atoms with E-state index in [0.717, 1.165) is 52.9 Å². The number of carbonyl (C=O) groups is 2. The van der Waals surface area contributed by atoms with E-state index >= 15 is 0 Å². The van der Waals surface area contributed by atoms with Gasteiger partial charge in [-0.15, -0.1) is 22.7 Å². The van der Waals surface area contributed by atoms with E-state index in [0.29, 0.717) is 51.1 Å². The molecule has 2 saturated heterocycles. The largest absolute Gasteiger partial charge is 2.00 e. The molecule has 0 spiro atoms. The van der Waals surface area contributed by atoms with Crippen molar-refractivity contribution in [3.8, 4) is 32.4 Å². The minimum atomic E-state index is -1.25. The van der Waals surface area contributed by atoms with Gasteiger partial charge < -0.3 is 58.4 Å². The van der Waals surface area contributed by atoms with Crippen molar-refractivity contribution in [2.45, 2.75) is 37.6 Å². The molecule has 2 aliphatic rings. The number of thiophene rings is 2. The van der Waals surface area contributed by atoms with Crippen LogP contribution in [0.15, 0.2) is 121 Å². The molecule has 0 bridgehead atoms. The first-order valence-corrected chi connectivity index (χ1v) is 20.7. The third kappa shape index (κ3) is 12.1. The standard InChI is InChI=1S/2C23H22O6S.Ca/c2*24-11-20-8-9-21(30-20)17-3-1-2-16(10-17)12-28-19-6-4-18(5-7-19)23(14-27-15-23)29-13-22(25)26;/h2*1-10,24H,11-15H2,(H,25,26);/q;;+2/p-2. The van der Waals surface area contributed by atoms with Gasteiger partial charge in [0.25, 0.3) is 0 Å². The fourth-order valence-corrected chi connectivity index (χ4v) is 8.27. The maximum absolute atomic E-state index is 10.7. The van der Waals surface area contributed by atoms with Crippen molar-refractivity contribution in [2.75, 3.05) is 39.6 Å². The first-order valence-electron chi connectivity index (χ1n) is 19.0. The molecular weight excluding hydrogens is 849 g/mol. The average Bonchev–Trinajstić information content (AvgIpc) is 3.94. The quantitative estimate of drug-likeness (QED) is 0.115. The van der Waals surface area contributed by atoms with Crippen LogP contribution in [0.3, 0.4) is 0 Å². The molecule has 2 aliphatic heterocycles. The average molecular weight is 891 g/mol. The Morgan fingerprint density at radius 3 is 1.28 bits per heavy atom. The van der Waals surface area contributed by atoms with Crippen LogP contribution >= 0.6 is 22.7 Å². The molecule has 0 saturated carbocycles. The number of aliphatic hydroxyl groups is 2. The molecule has 15 heteroatoms. The second-order valence-corrected chi connectivity index (χ2v) is 16.5. The van der Waals surface area contributed by atoms with Crippen molar-refractivity contribution in [1.82, 2.24) is 0 Å². The minimum Gasteiger partial charge on any atom is -0.548 e. The molecule has 0 unspecified atom stereocenters. The summed E-state index contributed by atoms with van der Waals surface area (Å²) >= 11 is 3.15. The Labute approximate surface area is 390 Å². The van der Waals surface area contributed by atoms with Crippen LogP contribution < -0.4 is 19.7 Å². The second kappa shape index (κ2) is 21.8. The fraction of sp³-hybridized carbons (Fsp3) is 0.261. The van der Waals surface area contributed by atoms with Crippen LogP contribution in [0.2, 0.25) is 0 Å². The van der Waals surface area contributed by atoms with Gasteiger partial charge in [0.2, 0.25) is 0 Å². The van der Waals surface area contributed by atoms with Gasteiger partial charge in [-0.05, 0) is 94.0 Å². The Morgan fingerprint density at radius 1 is 0.574 bits per heavy atom. The van der Waals surface area contributed by atoms with E-state index in [2.05, 4.69) is 12.1 Å². The van der Waals surface area contributed by atoms with Gasteiger partial charge in [0.1, 0.15) is 35.9 Å². The smallest absolute Gasteiger partial charge is 0.548 e. The van der Waals surface area contributed by atoms with E-state index in [1.54, 1.807) is 22.7 Å². The summed E-state index contributed by atoms with van der Waals surface area (Å²) in [4.78, 5) is 25.5. The Hall–Kier alpha value is -4.16.